The average Bonchev–Trinajstić information content (AvgIpc) is 2.85. The van der Waals surface area contributed by atoms with Gasteiger partial charge in [0.1, 0.15) is 5.82 Å². The number of aryl methyl sites for hydroxylation is 1. The number of amides is 1. The van der Waals surface area contributed by atoms with Crippen LogP contribution in [0.15, 0.2) is 24.3 Å². The van der Waals surface area contributed by atoms with Gasteiger partial charge in [0.2, 0.25) is 5.91 Å². The van der Waals surface area contributed by atoms with Gasteiger partial charge >= 0.3 is 0 Å². The largest absolute Gasteiger partial charge is 0.346 e. The lowest BCUT2D eigenvalue weighted by atomic mass is 9.85. The van der Waals surface area contributed by atoms with Crippen molar-refractivity contribution < 1.29 is 4.79 Å². The highest BCUT2D eigenvalue weighted by Gasteiger charge is 2.27. The Balaban J connectivity index is 0.00000144. The molecule has 3 rings (SSSR count). The molecule has 7 heteroatoms. The molecule has 0 saturated heterocycles. The number of carbonyl (C=O) groups is 1. The molecule has 3 N–H and O–H groups in total. The first kappa shape index (κ1) is 20.7. The Morgan fingerprint density at radius 1 is 1.33 bits per heavy atom. The number of imidazole rings is 1. The van der Waals surface area contributed by atoms with Crippen molar-refractivity contribution in [3.8, 4) is 0 Å². The molecule has 1 aliphatic carbocycles. The highest BCUT2D eigenvalue weighted by molar-refractivity contribution is 5.85. The fraction of sp³-hybridized carbons (Fsp3) is 0.529. The van der Waals surface area contributed by atoms with E-state index in [-0.39, 0.29) is 48.7 Å². The quantitative estimate of drug-likeness (QED) is 0.868. The number of para-hydroxylation sites is 2. The van der Waals surface area contributed by atoms with Gasteiger partial charge in [0.25, 0.3) is 0 Å². The van der Waals surface area contributed by atoms with Gasteiger partial charge in [-0.15, -0.1) is 24.8 Å². The smallest absolute Gasteiger partial charge is 0.223 e. The zero-order valence-electron chi connectivity index (χ0n) is 14.1. The normalized spacial score (nSPS) is 21.5. The summed E-state index contributed by atoms with van der Waals surface area (Å²) in [6, 6.07) is 8.07. The third-order valence-corrected chi connectivity index (χ3v) is 4.65. The summed E-state index contributed by atoms with van der Waals surface area (Å²) in [5.74, 6) is 1.03. The molecule has 3 unspecified atom stereocenters. The van der Waals surface area contributed by atoms with Crippen LogP contribution in [0.2, 0.25) is 0 Å². The van der Waals surface area contributed by atoms with Gasteiger partial charge < -0.3 is 15.6 Å². The lowest BCUT2D eigenvalue weighted by Gasteiger charge is -2.27. The van der Waals surface area contributed by atoms with Crippen LogP contribution >= 0.6 is 24.8 Å². The number of hydrogen-bond acceptors (Lipinski definition) is 3. The van der Waals surface area contributed by atoms with Crippen molar-refractivity contribution in [3.63, 3.8) is 0 Å². The number of fused-ring (bicyclic) bond motifs is 1. The van der Waals surface area contributed by atoms with Crippen molar-refractivity contribution in [3.05, 3.63) is 30.1 Å². The molecule has 1 saturated carbocycles. The summed E-state index contributed by atoms with van der Waals surface area (Å²) in [6.07, 6.45) is 3.81. The molecule has 0 radical (unpaired) electrons. The minimum Gasteiger partial charge on any atom is -0.346 e. The third kappa shape index (κ3) is 4.21. The number of aromatic nitrogens is 2. The molecule has 1 aliphatic rings. The average molecular weight is 373 g/mol. The number of halogens is 2. The molecule has 1 amide bonds. The maximum atomic E-state index is 12.5. The molecule has 1 fully saturated rings. The summed E-state index contributed by atoms with van der Waals surface area (Å²) in [4.78, 5) is 17.1. The van der Waals surface area contributed by atoms with Crippen molar-refractivity contribution >= 4 is 41.8 Å². The third-order valence-electron chi connectivity index (χ3n) is 4.65. The van der Waals surface area contributed by atoms with E-state index < -0.39 is 0 Å². The summed E-state index contributed by atoms with van der Waals surface area (Å²) in [6.45, 7) is 1.99. The van der Waals surface area contributed by atoms with Crippen LogP contribution in [-0.2, 0) is 11.8 Å². The molecule has 1 heterocycles. The van der Waals surface area contributed by atoms with E-state index in [1.54, 1.807) is 0 Å². The van der Waals surface area contributed by atoms with Crippen molar-refractivity contribution in [2.24, 2.45) is 18.7 Å². The number of rotatable bonds is 3. The van der Waals surface area contributed by atoms with Gasteiger partial charge in [-0.2, -0.15) is 0 Å². The maximum Gasteiger partial charge on any atom is 0.223 e. The Morgan fingerprint density at radius 3 is 2.71 bits per heavy atom. The van der Waals surface area contributed by atoms with Crippen LogP contribution in [0.5, 0.6) is 0 Å². The number of nitrogens with two attached hydrogens (primary N) is 1. The molecule has 134 valence electrons. The molecule has 24 heavy (non-hydrogen) atoms. The van der Waals surface area contributed by atoms with Gasteiger partial charge in [-0.05, 0) is 38.3 Å². The Bertz CT molecular complexity index is 688. The summed E-state index contributed by atoms with van der Waals surface area (Å²) in [5, 5.41) is 3.11. The molecule has 0 spiro atoms. The predicted molar refractivity (Wildman–Crippen MR) is 102 cm³/mol. The van der Waals surface area contributed by atoms with Gasteiger partial charge in [-0.25, -0.2) is 4.98 Å². The molecular formula is C17H26Cl2N4O. The standard InChI is InChI=1S/C17H24N4O.2ClH/c1-11(19-17(22)12-6-5-7-13(18)10-12)16-20-14-8-3-4-9-15(14)21(16)2;;/h3-4,8-9,11-13H,5-7,10,18H2,1-2H3,(H,19,22);2*1H. The van der Waals surface area contributed by atoms with Crippen molar-refractivity contribution in [1.29, 1.82) is 0 Å². The number of benzene rings is 1. The van der Waals surface area contributed by atoms with Crippen LogP contribution in [0.4, 0.5) is 0 Å². The molecule has 1 aromatic heterocycles. The van der Waals surface area contributed by atoms with Gasteiger partial charge in [0, 0.05) is 19.0 Å². The zero-order valence-corrected chi connectivity index (χ0v) is 15.7. The Hall–Kier alpha value is -1.30. The summed E-state index contributed by atoms with van der Waals surface area (Å²) in [7, 11) is 1.99. The van der Waals surface area contributed by atoms with E-state index in [1.807, 2.05) is 42.8 Å². The Kier molecular flexibility index (Phi) is 7.52. The summed E-state index contributed by atoms with van der Waals surface area (Å²) >= 11 is 0. The first-order valence-corrected chi connectivity index (χ1v) is 8.03. The van der Waals surface area contributed by atoms with Gasteiger partial charge in [0.15, 0.2) is 0 Å². The Morgan fingerprint density at radius 2 is 2.04 bits per heavy atom. The van der Waals surface area contributed by atoms with Crippen LogP contribution in [0, 0.1) is 5.92 Å². The summed E-state index contributed by atoms with van der Waals surface area (Å²) < 4.78 is 2.05. The molecule has 2 aromatic rings. The van der Waals surface area contributed by atoms with E-state index in [2.05, 4.69) is 10.3 Å². The Labute approximate surface area is 155 Å². The van der Waals surface area contributed by atoms with E-state index in [1.165, 1.54) is 0 Å². The number of nitrogens with zero attached hydrogens (tertiary/aromatic N) is 2. The first-order valence-electron chi connectivity index (χ1n) is 8.03. The topological polar surface area (TPSA) is 72.9 Å². The van der Waals surface area contributed by atoms with E-state index in [0.29, 0.717) is 0 Å². The molecule has 0 bridgehead atoms. The van der Waals surface area contributed by atoms with Crippen LogP contribution < -0.4 is 11.1 Å². The lowest BCUT2D eigenvalue weighted by molar-refractivity contribution is -0.126. The van der Waals surface area contributed by atoms with Crippen LogP contribution in [0.25, 0.3) is 11.0 Å². The lowest BCUT2D eigenvalue weighted by Crippen LogP contribution is -2.39. The van der Waals surface area contributed by atoms with Crippen LogP contribution in [0.3, 0.4) is 0 Å². The monoisotopic (exact) mass is 372 g/mol. The molecule has 3 atom stereocenters. The second-order valence-electron chi connectivity index (χ2n) is 6.37. The van der Waals surface area contributed by atoms with Crippen molar-refractivity contribution in [2.45, 2.75) is 44.7 Å². The van der Waals surface area contributed by atoms with Crippen LogP contribution in [-0.4, -0.2) is 21.5 Å². The highest BCUT2D eigenvalue weighted by Crippen LogP contribution is 2.25. The number of hydrogen-bond donors (Lipinski definition) is 2. The van der Waals surface area contributed by atoms with Crippen LogP contribution in [0.1, 0.15) is 44.5 Å². The molecule has 1 aromatic carbocycles. The minimum atomic E-state index is -0.108. The van der Waals surface area contributed by atoms with Crippen molar-refractivity contribution in [2.75, 3.05) is 0 Å². The second kappa shape index (κ2) is 8.70. The van der Waals surface area contributed by atoms with E-state index >= 15 is 0 Å². The fourth-order valence-electron chi connectivity index (χ4n) is 3.41. The maximum absolute atomic E-state index is 12.5. The predicted octanol–water partition coefficient (Wildman–Crippen LogP) is 3.11. The van der Waals surface area contributed by atoms with E-state index in [0.717, 1.165) is 42.5 Å². The van der Waals surface area contributed by atoms with Crippen molar-refractivity contribution in [1.82, 2.24) is 14.9 Å². The highest BCUT2D eigenvalue weighted by atomic mass is 35.5. The molecule has 0 aliphatic heterocycles. The zero-order chi connectivity index (χ0) is 15.7. The number of nitrogens with one attached hydrogen (secondary N) is 1. The fourth-order valence-corrected chi connectivity index (χ4v) is 3.41. The molecule has 5 nitrogen and oxygen atoms in total. The van der Waals surface area contributed by atoms with Gasteiger partial charge in [-0.1, -0.05) is 18.6 Å². The summed E-state index contributed by atoms with van der Waals surface area (Å²) in [5.41, 5.74) is 8.02. The van der Waals surface area contributed by atoms with Gasteiger partial charge in [-0.3, -0.25) is 4.79 Å². The van der Waals surface area contributed by atoms with Gasteiger partial charge in [0.05, 0.1) is 17.1 Å². The van der Waals surface area contributed by atoms with E-state index in [4.69, 9.17) is 5.73 Å². The minimum absolute atomic E-state index is 0. The first-order chi connectivity index (χ1) is 10.6. The van der Waals surface area contributed by atoms with E-state index in [9.17, 15) is 4.79 Å². The second-order valence-corrected chi connectivity index (χ2v) is 6.37. The molecular weight excluding hydrogens is 347 g/mol. The number of carbonyl (C=O) groups excluding carboxylic acids is 1. The SMILES string of the molecule is CC(NC(=O)C1CCCC(N)C1)c1nc2ccccc2n1C.Cl.Cl.